The number of para-hydroxylation sites is 1. The van der Waals surface area contributed by atoms with Gasteiger partial charge in [0.1, 0.15) is 18.2 Å². The van der Waals surface area contributed by atoms with Gasteiger partial charge in [-0.3, -0.25) is 4.79 Å². The van der Waals surface area contributed by atoms with Crippen LogP contribution < -0.4 is 14.8 Å². The molecule has 0 bridgehead atoms. The molecule has 33 heavy (non-hydrogen) atoms. The molecule has 168 valence electrons. The molecule has 0 atom stereocenters. The number of hydrogen-bond donors (Lipinski definition) is 1. The zero-order valence-corrected chi connectivity index (χ0v) is 20.2. The lowest BCUT2D eigenvalue weighted by molar-refractivity contribution is -0.112. The maximum Gasteiger partial charge on any atom is 0.266 e. The minimum atomic E-state index is -0.675. The van der Waals surface area contributed by atoms with E-state index in [0.717, 1.165) is 5.56 Å². The molecular weight excluding hydrogens is 506 g/mol. The molecule has 3 aromatic rings. The lowest BCUT2D eigenvalue weighted by Crippen LogP contribution is -2.14. The van der Waals surface area contributed by atoms with Crippen LogP contribution in [-0.2, 0) is 11.4 Å². The molecule has 1 amide bonds. The quantitative estimate of drug-likeness (QED) is 0.259. The Hall–Kier alpha value is -2.88. The van der Waals surface area contributed by atoms with E-state index >= 15 is 0 Å². The molecule has 0 radical (unpaired) electrons. The molecule has 0 heterocycles. The van der Waals surface area contributed by atoms with Crippen LogP contribution in [-0.4, -0.2) is 13.0 Å². The van der Waals surface area contributed by atoms with E-state index in [1.165, 1.54) is 13.2 Å². The van der Waals surface area contributed by atoms with Crippen molar-refractivity contribution in [3.63, 3.8) is 0 Å². The number of hydrogen-bond acceptors (Lipinski definition) is 4. The first-order chi connectivity index (χ1) is 15.8. The molecule has 0 saturated heterocycles. The number of nitrogens with one attached hydrogen (secondary N) is 1. The molecule has 0 aliphatic rings. The lowest BCUT2D eigenvalue weighted by atomic mass is 10.1. The van der Waals surface area contributed by atoms with E-state index in [1.54, 1.807) is 42.5 Å². The van der Waals surface area contributed by atoms with Crippen LogP contribution in [0.5, 0.6) is 11.5 Å². The summed E-state index contributed by atoms with van der Waals surface area (Å²) in [7, 11) is 1.46. The van der Waals surface area contributed by atoms with Gasteiger partial charge in [0.05, 0.1) is 27.9 Å². The van der Waals surface area contributed by atoms with Gasteiger partial charge >= 0.3 is 0 Å². The van der Waals surface area contributed by atoms with Gasteiger partial charge in [0.15, 0.2) is 11.5 Å². The molecular formula is C24H16Cl4N2O3. The highest BCUT2D eigenvalue weighted by atomic mass is 35.5. The van der Waals surface area contributed by atoms with Crippen LogP contribution in [0.2, 0.25) is 20.1 Å². The van der Waals surface area contributed by atoms with Crippen molar-refractivity contribution in [2.24, 2.45) is 0 Å². The fraction of sp³-hybridized carbons (Fsp3) is 0.0833. The number of rotatable bonds is 7. The van der Waals surface area contributed by atoms with E-state index in [9.17, 15) is 10.1 Å². The third-order valence-corrected chi connectivity index (χ3v) is 5.59. The summed E-state index contributed by atoms with van der Waals surface area (Å²) in [4.78, 5) is 12.6. The van der Waals surface area contributed by atoms with Crippen molar-refractivity contribution in [2.75, 3.05) is 12.4 Å². The second-order valence-corrected chi connectivity index (χ2v) is 8.33. The molecule has 0 aliphatic heterocycles. The number of nitriles is 1. The number of benzene rings is 3. The molecule has 0 fully saturated rings. The van der Waals surface area contributed by atoms with Gasteiger partial charge in [0.2, 0.25) is 0 Å². The zero-order valence-electron chi connectivity index (χ0n) is 17.2. The first-order valence-corrected chi connectivity index (χ1v) is 11.0. The second-order valence-electron chi connectivity index (χ2n) is 6.67. The molecule has 1 N–H and O–H groups in total. The Morgan fingerprint density at radius 2 is 1.70 bits per heavy atom. The SMILES string of the molecule is COc1cc(/C=C(\C#N)C(=O)Nc2c(Cl)cccc2Cl)cc(Cl)c1OCc1ccc(Cl)cc1. The van der Waals surface area contributed by atoms with Gasteiger partial charge in [-0.05, 0) is 53.6 Å². The average Bonchev–Trinajstić information content (AvgIpc) is 2.79. The Kier molecular flexibility index (Phi) is 8.49. The zero-order chi connectivity index (χ0) is 24.0. The van der Waals surface area contributed by atoms with Crippen LogP contribution >= 0.6 is 46.4 Å². The van der Waals surface area contributed by atoms with Crippen molar-refractivity contribution in [3.05, 3.63) is 91.4 Å². The number of anilines is 1. The van der Waals surface area contributed by atoms with Crippen molar-refractivity contribution < 1.29 is 14.3 Å². The van der Waals surface area contributed by atoms with Gasteiger partial charge < -0.3 is 14.8 Å². The normalized spacial score (nSPS) is 11.0. The Bertz CT molecular complexity index is 1230. The second kappa shape index (κ2) is 11.3. The topological polar surface area (TPSA) is 71.3 Å². The van der Waals surface area contributed by atoms with Gasteiger partial charge in [0, 0.05) is 5.02 Å². The predicted octanol–water partition coefficient (Wildman–Crippen LogP) is 7.43. The fourth-order valence-electron chi connectivity index (χ4n) is 2.81. The van der Waals surface area contributed by atoms with Crippen LogP contribution in [0.1, 0.15) is 11.1 Å². The minimum absolute atomic E-state index is 0.182. The summed E-state index contributed by atoms with van der Waals surface area (Å²) >= 11 is 24.5. The van der Waals surface area contributed by atoms with Crippen LogP contribution in [0.3, 0.4) is 0 Å². The van der Waals surface area contributed by atoms with Crippen LogP contribution in [0.15, 0.2) is 60.2 Å². The monoisotopic (exact) mass is 520 g/mol. The van der Waals surface area contributed by atoms with Crippen LogP contribution in [0, 0.1) is 11.3 Å². The van der Waals surface area contributed by atoms with E-state index in [4.69, 9.17) is 55.9 Å². The summed E-state index contributed by atoms with van der Waals surface area (Å²) in [5.74, 6) is -0.00251. The third-order valence-electron chi connectivity index (χ3n) is 4.43. The summed E-state index contributed by atoms with van der Waals surface area (Å²) in [6.07, 6.45) is 1.37. The van der Waals surface area contributed by atoms with Crippen molar-refractivity contribution in [1.29, 1.82) is 5.26 Å². The van der Waals surface area contributed by atoms with Gasteiger partial charge in [-0.1, -0.05) is 64.6 Å². The number of amides is 1. The minimum Gasteiger partial charge on any atom is -0.493 e. The standard InChI is InChI=1S/C24H16Cl4N2O3/c1-32-21-11-15(10-20(28)23(21)33-13-14-5-7-17(25)8-6-14)9-16(12-29)24(31)30-22-18(26)3-2-4-19(22)27/h2-11H,13H2,1H3,(H,30,31)/b16-9+. The lowest BCUT2D eigenvalue weighted by Gasteiger charge is -2.14. The summed E-state index contributed by atoms with van der Waals surface area (Å²) < 4.78 is 11.2. The summed E-state index contributed by atoms with van der Waals surface area (Å²) in [6.45, 7) is 0.243. The number of methoxy groups -OCH3 is 1. The Morgan fingerprint density at radius 3 is 2.30 bits per heavy atom. The molecule has 0 unspecified atom stereocenters. The average molecular weight is 522 g/mol. The largest absolute Gasteiger partial charge is 0.493 e. The Balaban J connectivity index is 1.84. The Labute approximate surface area is 211 Å². The maximum absolute atomic E-state index is 12.6. The smallest absolute Gasteiger partial charge is 0.266 e. The van der Waals surface area contributed by atoms with E-state index < -0.39 is 5.91 Å². The fourth-order valence-corrected chi connectivity index (χ4v) is 3.70. The van der Waals surface area contributed by atoms with Gasteiger partial charge in [-0.25, -0.2) is 0 Å². The van der Waals surface area contributed by atoms with Gasteiger partial charge in [-0.15, -0.1) is 0 Å². The van der Waals surface area contributed by atoms with E-state index in [0.29, 0.717) is 22.1 Å². The van der Waals surface area contributed by atoms with Crippen molar-refractivity contribution >= 4 is 64.1 Å². The maximum atomic E-state index is 12.6. The molecule has 9 heteroatoms. The highest BCUT2D eigenvalue weighted by Gasteiger charge is 2.16. The predicted molar refractivity (Wildman–Crippen MR) is 132 cm³/mol. The van der Waals surface area contributed by atoms with Crippen molar-refractivity contribution in [1.82, 2.24) is 0 Å². The third kappa shape index (κ3) is 6.34. The summed E-state index contributed by atoms with van der Waals surface area (Å²) in [6, 6.07) is 17.0. The molecule has 3 aromatic carbocycles. The summed E-state index contributed by atoms with van der Waals surface area (Å²) in [5, 5.41) is 13.4. The number of carbonyl (C=O) groups excluding carboxylic acids is 1. The molecule has 0 aliphatic carbocycles. The van der Waals surface area contributed by atoms with Crippen LogP contribution in [0.4, 0.5) is 5.69 Å². The number of halogens is 4. The molecule has 5 nitrogen and oxygen atoms in total. The van der Waals surface area contributed by atoms with Crippen molar-refractivity contribution in [3.8, 4) is 17.6 Å². The molecule has 0 saturated carbocycles. The highest BCUT2D eigenvalue weighted by molar-refractivity contribution is 6.40. The molecule has 0 aromatic heterocycles. The summed E-state index contributed by atoms with van der Waals surface area (Å²) in [5.41, 5.74) is 1.39. The van der Waals surface area contributed by atoms with E-state index in [-0.39, 0.29) is 32.9 Å². The number of nitrogens with zero attached hydrogens (tertiary/aromatic N) is 1. The van der Waals surface area contributed by atoms with Crippen LogP contribution in [0.25, 0.3) is 6.08 Å². The first-order valence-electron chi connectivity index (χ1n) is 9.44. The Morgan fingerprint density at radius 1 is 1.03 bits per heavy atom. The number of ether oxygens (including phenoxy) is 2. The van der Waals surface area contributed by atoms with E-state index in [1.807, 2.05) is 18.2 Å². The van der Waals surface area contributed by atoms with Gasteiger partial charge in [-0.2, -0.15) is 5.26 Å². The molecule has 0 spiro atoms. The first kappa shape index (κ1) is 24.8. The van der Waals surface area contributed by atoms with Gasteiger partial charge in [0.25, 0.3) is 5.91 Å². The highest BCUT2D eigenvalue weighted by Crippen LogP contribution is 2.38. The van der Waals surface area contributed by atoms with E-state index in [2.05, 4.69) is 5.32 Å². The number of carbonyl (C=O) groups is 1. The van der Waals surface area contributed by atoms with Crippen molar-refractivity contribution in [2.45, 2.75) is 6.61 Å². The molecule has 3 rings (SSSR count).